The van der Waals surface area contributed by atoms with E-state index in [9.17, 15) is 8.78 Å². The molecule has 0 spiro atoms. The van der Waals surface area contributed by atoms with E-state index >= 15 is 0 Å². The van der Waals surface area contributed by atoms with Crippen LogP contribution in [0.3, 0.4) is 0 Å². The summed E-state index contributed by atoms with van der Waals surface area (Å²) in [4.78, 5) is 0. The summed E-state index contributed by atoms with van der Waals surface area (Å²) in [6.45, 7) is -0.490. The Labute approximate surface area is 73.4 Å². The predicted octanol–water partition coefficient (Wildman–Crippen LogP) is 0.662. The standard InChI is InChI=1S/C8H9F2NO2/c9-4-1-5(7(11)3-12)8(13)6(10)2-4/h1-2,7,12-13H,3,11H2/t7-/m0/s1. The Hall–Kier alpha value is -1.20. The molecule has 0 heterocycles. The van der Waals surface area contributed by atoms with Gasteiger partial charge in [-0.3, -0.25) is 0 Å². The van der Waals surface area contributed by atoms with Crippen LogP contribution < -0.4 is 5.73 Å². The van der Waals surface area contributed by atoms with Gasteiger partial charge in [-0.1, -0.05) is 0 Å². The first-order valence-electron chi connectivity index (χ1n) is 3.60. The molecule has 4 N–H and O–H groups in total. The van der Waals surface area contributed by atoms with Crippen LogP contribution in [0.1, 0.15) is 11.6 Å². The van der Waals surface area contributed by atoms with E-state index in [1.165, 1.54) is 0 Å². The fraction of sp³-hybridized carbons (Fsp3) is 0.250. The highest BCUT2D eigenvalue weighted by Gasteiger charge is 2.15. The lowest BCUT2D eigenvalue weighted by Crippen LogP contribution is -2.15. The van der Waals surface area contributed by atoms with Gasteiger partial charge in [-0.05, 0) is 6.07 Å². The van der Waals surface area contributed by atoms with Crippen LogP contribution in [0.25, 0.3) is 0 Å². The molecular formula is C8H9F2NO2. The molecule has 0 fully saturated rings. The Kier molecular flexibility index (Phi) is 2.79. The molecule has 3 nitrogen and oxygen atoms in total. The molecule has 0 amide bonds. The van der Waals surface area contributed by atoms with Gasteiger partial charge in [-0.15, -0.1) is 0 Å². The molecule has 0 aliphatic rings. The average Bonchev–Trinajstić information content (AvgIpc) is 2.10. The second kappa shape index (κ2) is 3.68. The van der Waals surface area contributed by atoms with Crippen LogP contribution in [0.5, 0.6) is 5.75 Å². The van der Waals surface area contributed by atoms with Gasteiger partial charge in [-0.25, -0.2) is 8.78 Å². The van der Waals surface area contributed by atoms with Crippen molar-refractivity contribution in [2.24, 2.45) is 5.73 Å². The van der Waals surface area contributed by atoms with E-state index in [2.05, 4.69) is 0 Å². The van der Waals surface area contributed by atoms with E-state index in [4.69, 9.17) is 15.9 Å². The van der Waals surface area contributed by atoms with Gasteiger partial charge in [0.15, 0.2) is 11.6 Å². The summed E-state index contributed by atoms with van der Waals surface area (Å²) in [6, 6.07) is 0.451. The highest BCUT2D eigenvalue weighted by Crippen LogP contribution is 2.26. The maximum absolute atomic E-state index is 12.7. The minimum Gasteiger partial charge on any atom is -0.505 e. The molecule has 1 rings (SSSR count). The molecule has 0 aliphatic heterocycles. The number of nitrogens with two attached hydrogens (primary N) is 1. The highest BCUT2D eigenvalue weighted by molar-refractivity contribution is 5.36. The number of hydrogen-bond donors (Lipinski definition) is 3. The topological polar surface area (TPSA) is 66.5 Å². The molecule has 0 unspecified atom stereocenters. The number of halogens is 2. The van der Waals surface area contributed by atoms with Crippen molar-refractivity contribution in [2.75, 3.05) is 6.61 Å². The lowest BCUT2D eigenvalue weighted by molar-refractivity contribution is 0.264. The van der Waals surface area contributed by atoms with Crippen LogP contribution in [0.2, 0.25) is 0 Å². The van der Waals surface area contributed by atoms with Crippen LogP contribution in [-0.4, -0.2) is 16.8 Å². The number of phenols is 1. The molecule has 1 aromatic rings. The van der Waals surface area contributed by atoms with E-state index in [0.717, 1.165) is 6.07 Å². The summed E-state index contributed by atoms with van der Waals surface area (Å²) < 4.78 is 25.3. The average molecular weight is 189 g/mol. The maximum Gasteiger partial charge on any atom is 0.168 e. The van der Waals surface area contributed by atoms with Gasteiger partial charge in [-0.2, -0.15) is 0 Å². The Bertz CT molecular complexity index is 317. The molecule has 0 saturated carbocycles. The van der Waals surface area contributed by atoms with E-state index in [0.29, 0.717) is 6.07 Å². The van der Waals surface area contributed by atoms with E-state index < -0.39 is 30.0 Å². The molecule has 1 aromatic carbocycles. The van der Waals surface area contributed by atoms with Gasteiger partial charge in [0.1, 0.15) is 5.82 Å². The summed E-state index contributed by atoms with van der Waals surface area (Å²) in [6.07, 6.45) is 0. The highest BCUT2D eigenvalue weighted by atomic mass is 19.1. The summed E-state index contributed by atoms with van der Waals surface area (Å²) >= 11 is 0. The summed E-state index contributed by atoms with van der Waals surface area (Å²) in [5.41, 5.74) is 5.15. The second-order valence-corrected chi connectivity index (χ2v) is 2.61. The Morgan fingerprint density at radius 1 is 1.38 bits per heavy atom. The van der Waals surface area contributed by atoms with Crippen molar-refractivity contribution in [1.29, 1.82) is 0 Å². The molecule has 72 valence electrons. The third kappa shape index (κ3) is 1.93. The number of hydrogen-bond acceptors (Lipinski definition) is 3. The first kappa shape index (κ1) is 9.88. The van der Waals surface area contributed by atoms with Crippen LogP contribution in [-0.2, 0) is 0 Å². The maximum atomic E-state index is 12.7. The van der Waals surface area contributed by atoms with Crippen LogP contribution in [0, 0.1) is 11.6 Å². The molecular weight excluding hydrogens is 180 g/mol. The molecule has 1 atom stereocenters. The third-order valence-electron chi connectivity index (χ3n) is 1.65. The second-order valence-electron chi connectivity index (χ2n) is 2.61. The molecule has 0 aromatic heterocycles. The zero-order chi connectivity index (χ0) is 10.0. The number of aliphatic hydroxyl groups excluding tert-OH is 1. The van der Waals surface area contributed by atoms with Gasteiger partial charge < -0.3 is 15.9 Å². The summed E-state index contributed by atoms with van der Waals surface area (Å²) in [7, 11) is 0. The fourth-order valence-corrected chi connectivity index (χ4v) is 0.967. The number of benzene rings is 1. The first-order valence-corrected chi connectivity index (χ1v) is 3.60. The predicted molar refractivity (Wildman–Crippen MR) is 42.0 cm³/mol. The minimum absolute atomic E-state index is 0.139. The van der Waals surface area contributed by atoms with Crippen LogP contribution in [0.4, 0.5) is 8.78 Å². The van der Waals surface area contributed by atoms with E-state index in [1.54, 1.807) is 0 Å². The Morgan fingerprint density at radius 3 is 2.54 bits per heavy atom. The van der Waals surface area contributed by atoms with E-state index in [-0.39, 0.29) is 5.56 Å². The van der Waals surface area contributed by atoms with Gasteiger partial charge in [0.25, 0.3) is 0 Å². The van der Waals surface area contributed by atoms with Crippen molar-refractivity contribution in [3.05, 3.63) is 29.3 Å². The van der Waals surface area contributed by atoms with Crippen molar-refractivity contribution in [2.45, 2.75) is 6.04 Å². The Morgan fingerprint density at radius 2 is 2.00 bits per heavy atom. The third-order valence-corrected chi connectivity index (χ3v) is 1.65. The summed E-state index contributed by atoms with van der Waals surface area (Å²) in [5.74, 6) is -2.64. The van der Waals surface area contributed by atoms with Gasteiger partial charge in [0, 0.05) is 11.6 Å². The van der Waals surface area contributed by atoms with Crippen molar-refractivity contribution < 1.29 is 19.0 Å². The molecule has 0 saturated heterocycles. The van der Waals surface area contributed by atoms with Crippen LogP contribution >= 0.6 is 0 Å². The lowest BCUT2D eigenvalue weighted by atomic mass is 10.1. The summed E-state index contributed by atoms with van der Waals surface area (Å²) in [5, 5.41) is 17.7. The lowest BCUT2D eigenvalue weighted by Gasteiger charge is -2.10. The largest absolute Gasteiger partial charge is 0.505 e. The Balaban J connectivity index is 3.20. The monoisotopic (exact) mass is 189 g/mol. The molecule has 0 radical (unpaired) electrons. The SMILES string of the molecule is N[C@@H](CO)c1cc(F)cc(F)c1O. The zero-order valence-electron chi connectivity index (χ0n) is 6.67. The molecule has 13 heavy (non-hydrogen) atoms. The number of phenolic OH excluding ortho intramolecular Hbond substituents is 1. The zero-order valence-corrected chi connectivity index (χ0v) is 6.67. The van der Waals surface area contributed by atoms with Crippen molar-refractivity contribution in [1.82, 2.24) is 0 Å². The van der Waals surface area contributed by atoms with E-state index in [1.807, 2.05) is 0 Å². The fourth-order valence-electron chi connectivity index (χ4n) is 0.967. The number of rotatable bonds is 2. The number of aromatic hydroxyl groups is 1. The van der Waals surface area contributed by atoms with Crippen LogP contribution in [0.15, 0.2) is 12.1 Å². The first-order chi connectivity index (χ1) is 6.06. The number of aliphatic hydroxyl groups is 1. The smallest absolute Gasteiger partial charge is 0.168 e. The molecule has 0 bridgehead atoms. The van der Waals surface area contributed by atoms with Crippen molar-refractivity contribution >= 4 is 0 Å². The minimum atomic E-state index is -1.08. The quantitative estimate of drug-likeness (QED) is 0.640. The molecule has 5 heteroatoms. The normalized spacial score (nSPS) is 12.9. The van der Waals surface area contributed by atoms with Crippen molar-refractivity contribution in [3.63, 3.8) is 0 Å². The van der Waals surface area contributed by atoms with Crippen molar-refractivity contribution in [3.8, 4) is 5.75 Å². The van der Waals surface area contributed by atoms with Gasteiger partial charge in [0.2, 0.25) is 0 Å². The molecule has 0 aliphatic carbocycles. The van der Waals surface area contributed by atoms with Gasteiger partial charge in [0.05, 0.1) is 12.6 Å². The van der Waals surface area contributed by atoms with Gasteiger partial charge >= 0.3 is 0 Å².